The smallest absolute Gasteiger partial charge is 0.411 e. The van der Waals surface area contributed by atoms with Crippen LogP contribution in [0.1, 0.15) is 44.6 Å². The number of fused-ring (bicyclic) bond motifs is 2. The molecular formula is C19H23ClN4O4. The second kappa shape index (κ2) is 6.93. The molecule has 2 bridgehead atoms. The highest BCUT2D eigenvalue weighted by Crippen LogP contribution is 2.42. The lowest BCUT2D eigenvalue weighted by Crippen LogP contribution is -2.58. The third-order valence-electron chi connectivity index (χ3n) is 5.80. The molecule has 28 heavy (non-hydrogen) atoms. The first kappa shape index (κ1) is 19.0. The van der Waals surface area contributed by atoms with Crippen LogP contribution < -0.4 is 11.1 Å². The number of carbonyl (C=O) groups is 2. The first-order chi connectivity index (χ1) is 13.3. The Morgan fingerprint density at radius 1 is 1.39 bits per heavy atom. The average molecular weight is 407 g/mol. The minimum atomic E-state index is -1.27. The van der Waals surface area contributed by atoms with E-state index in [0.717, 1.165) is 12.8 Å². The largest absolute Gasteiger partial charge is 0.465 e. The van der Waals surface area contributed by atoms with Crippen LogP contribution in [0.4, 0.5) is 10.5 Å². The zero-order valence-electron chi connectivity index (χ0n) is 15.5. The highest BCUT2D eigenvalue weighted by Gasteiger charge is 2.46. The number of hydrogen-bond acceptors (Lipinski definition) is 5. The summed E-state index contributed by atoms with van der Waals surface area (Å²) in [5.74, 6) is -0.151. The van der Waals surface area contributed by atoms with Crippen LogP contribution in [0, 0.1) is 0 Å². The summed E-state index contributed by atoms with van der Waals surface area (Å²) in [6.45, 7) is 1.76. The van der Waals surface area contributed by atoms with Gasteiger partial charge in [-0.2, -0.15) is 0 Å². The van der Waals surface area contributed by atoms with Gasteiger partial charge >= 0.3 is 6.09 Å². The van der Waals surface area contributed by atoms with Crippen molar-refractivity contribution in [2.24, 2.45) is 4.99 Å². The van der Waals surface area contributed by atoms with Gasteiger partial charge in [-0.1, -0.05) is 23.7 Å². The number of guanidine groups is 1. The molecule has 3 atom stereocenters. The fourth-order valence-electron chi connectivity index (χ4n) is 4.55. The molecule has 8 nitrogen and oxygen atoms in total. The molecule has 2 amide bonds. The minimum absolute atomic E-state index is 0.0380. The molecule has 0 aromatic heterocycles. The summed E-state index contributed by atoms with van der Waals surface area (Å²) in [5, 5.41) is 12.0. The summed E-state index contributed by atoms with van der Waals surface area (Å²) in [7, 11) is 0. The SMILES string of the molecule is C[C@@]1(c2cccc(N)c2Cl)CC(=O)N(C2CC3CCC(C2)O3)C(NC(=O)O)=N1. The van der Waals surface area contributed by atoms with E-state index in [1.165, 1.54) is 4.90 Å². The monoisotopic (exact) mass is 406 g/mol. The maximum absolute atomic E-state index is 13.2. The van der Waals surface area contributed by atoms with Crippen LogP contribution in [0.3, 0.4) is 0 Å². The van der Waals surface area contributed by atoms with Crippen molar-refractivity contribution in [3.05, 3.63) is 28.8 Å². The second-order valence-corrected chi connectivity index (χ2v) is 8.25. The van der Waals surface area contributed by atoms with Gasteiger partial charge in [0.2, 0.25) is 11.9 Å². The van der Waals surface area contributed by atoms with E-state index in [4.69, 9.17) is 22.1 Å². The molecule has 150 valence electrons. The summed E-state index contributed by atoms with van der Waals surface area (Å²) in [4.78, 5) is 30.8. The van der Waals surface area contributed by atoms with E-state index in [9.17, 15) is 14.7 Å². The summed E-state index contributed by atoms with van der Waals surface area (Å²) >= 11 is 6.38. The first-order valence-electron chi connectivity index (χ1n) is 9.38. The van der Waals surface area contributed by atoms with Crippen LogP contribution in [0.2, 0.25) is 5.02 Å². The predicted octanol–water partition coefficient (Wildman–Crippen LogP) is 2.70. The lowest BCUT2D eigenvalue weighted by molar-refractivity contribution is -0.134. The number of nitrogens with two attached hydrogens (primary N) is 1. The van der Waals surface area contributed by atoms with E-state index < -0.39 is 11.6 Å². The third kappa shape index (κ3) is 3.31. The molecule has 9 heteroatoms. The van der Waals surface area contributed by atoms with Crippen LogP contribution in [0.15, 0.2) is 23.2 Å². The molecule has 3 aliphatic rings. The van der Waals surface area contributed by atoms with Crippen molar-refractivity contribution in [3.63, 3.8) is 0 Å². The first-order valence-corrected chi connectivity index (χ1v) is 9.76. The molecule has 2 fully saturated rings. The molecule has 3 heterocycles. The van der Waals surface area contributed by atoms with Crippen molar-refractivity contribution in [2.75, 3.05) is 5.73 Å². The number of nitrogen functional groups attached to an aromatic ring is 1. The number of nitrogens with zero attached hydrogens (tertiary/aromatic N) is 2. The van der Waals surface area contributed by atoms with Crippen molar-refractivity contribution in [1.82, 2.24) is 10.2 Å². The Morgan fingerprint density at radius 3 is 2.71 bits per heavy atom. The van der Waals surface area contributed by atoms with Crippen molar-refractivity contribution >= 4 is 35.2 Å². The van der Waals surface area contributed by atoms with Crippen molar-refractivity contribution in [3.8, 4) is 0 Å². The highest BCUT2D eigenvalue weighted by atomic mass is 35.5. The zero-order chi connectivity index (χ0) is 20.1. The lowest BCUT2D eigenvalue weighted by atomic mass is 9.86. The molecule has 4 N–H and O–H groups in total. The van der Waals surface area contributed by atoms with Gasteiger partial charge in [-0.3, -0.25) is 15.0 Å². The number of aliphatic imine (C=N–C) groups is 1. The normalized spacial score (nSPS) is 32.2. The van der Waals surface area contributed by atoms with Crippen LogP contribution in [-0.2, 0) is 15.1 Å². The van der Waals surface area contributed by atoms with E-state index in [1.807, 2.05) is 0 Å². The van der Waals surface area contributed by atoms with Crippen molar-refractivity contribution < 1.29 is 19.4 Å². The van der Waals surface area contributed by atoms with Gasteiger partial charge in [0.15, 0.2) is 0 Å². The van der Waals surface area contributed by atoms with Crippen LogP contribution >= 0.6 is 11.6 Å². The number of amides is 2. The number of carbonyl (C=O) groups excluding carboxylic acids is 1. The minimum Gasteiger partial charge on any atom is -0.465 e. The Hall–Kier alpha value is -2.32. The van der Waals surface area contributed by atoms with Crippen LogP contribution in [0.5, 0.6) is 0 Å². The second-order valence-electron chi connectivity index (χ2n) is 7.87. The molecule has 0 aliphatic carbocycles. The molecule has 1 aromatic rings. The molecule has 3 aliphatic heterocycles. The molecule has 0 spiro atoms. The Labute approximate surface area is 167 Å². The number of anilines is 1. The Kier molecular flexibility index (Phi) is 4.71. The third-order valence-corrected chi connectivity index (χ3v) is 6.22. The number of benzene rings is 1. The Morgan fingerprint density at radius 2 is 2.07 bits per heavy atom. The molecule has 1 aromatic carbocycles. The van der Waals surface area contributed by atoms with E-state index in [0.29, 0.717) is 29.1 Å². The number of ether oxygens (including phenoxy) is 1. The van der Waals surface area contributed by atoms with E-state index in [-0.39, 0.29) is 36.5 Å². The number of carboxylic acid groups (broad SMARTS) is 1. The number of rotatable bonds is 2. The molecular weight excluding hydrogens is 384 g/mol. The van der Waals surface area contributed by atoms with Gasteiger partial charge in [-0.05, 0) is 38.7 Å². The summed E-state index contributed by atoms with van der Waals surface area (Å²) in [6, 6.07) is 5.04. The number of halogens is 1. The van der Waals surface area contributed by atoms with Crippen molar-refractivity contribution in [1.29, 1.82) is 0 Å². The average Bonchev–Trinajstić information content (AvgIpc) is 2.94. The Bertz CT molecular complexity index is 848. The van der Waals surface area contributed by atoms with Gasteiger partial charge < -0.3 is 15.6 Å². The summed E-state index contributed by atoms with van der Waals surface area (Å²) in [5.41, 5.74) is 5.89. The lowest BCUT2D eigenvalue weighted by Gasteiger charge is -2.42. The molecule has 4 rings (SSSR count). The number of nitrogens with one attached hydrogen (secondary N) is 1. The predicted molar refractivity (Wildman–Crippen MR) is 104 cm³/mol. The van der Waals surface area contributed by atoms with Gasteiger partial charge in [0, 0.05) is 11.6 Å². The van der Waals surface area contributed by atoms with Crippen LogP contribution in [-0.4, -0.2) is 46.2 Å². The standard InChI is InChI=1S/C19H23ClN4O4/c1-19(13-3-2-4-14(21)16(13)20)9-15(25)24(17(23-19)22-18(26)27)10-7-11-5-6-12(8-10)28-11/h2-4,10-12H,5-9,21H2,1H3,(H,22,23)(H,26,27)/t10?,11?,12?,19-/m0/s1. The quantitative estimate of drug-likeness (QED) is 0.653. The Balaban J connectivity index is 1.73. The van der Waals surface area contributed by atoms with E-state index >= 15 is 0 Å². The van der Waals surface area contributed by atoms with Gasteiger partial charge in [0.05, 0.1) is 34.9 Å². The maximum Gasteiger partial charge on any atom is 0.411 e. The van der Waals surface area contributed by atoms with Gasteiger partial charge in [-0.15, -0.1) is 0 Å². The molecule has 2 saturated heterocycles. The van der Waals surface area contributed by atoms with Gasteiger partial charge in [0.1, 0.15) is 0 Å². The van der Waals surface area contributed by atoms with E-state index in [1.54, 1.807) is 25.1 Å². The van der Waals surface area contributed by atoms with Crippen molar-refractivity contribution in [2.45, 2.75) is 62.8 Å². The topological polar surface area (TPSA) is 117 Å². The number of hydrogen-bond donors (Lipinski definition) is 3. The fourth-order valence-corrected chi connectivity index (χ4v) is 4.88. The summed E-state index contributed by atoms with van der Waals surface area (Å²) < 4.78 is 5.86. The molecule has 2 unspecified atom stereocenters. The molecule has 0 radical (unpaired) electrons. The summed E-state index contributed by atoms with van der Waals surface area (Å²) in [6.07, 6.45) is 2.33. The maximum atomic E-state index is 13.2. The molecule has 0 saturated carbocycles. The fraction of sp³-hybridized carbons (Fsp3) is 0.526. The van der Waals surface area contributed by atoms with Crippen LogP contribution in [0.25, 0.3) is 0 Å². The van der Waals surface area contributed by atoms with E-state index in [2.05, 4.69) is 10.3 Å². The van der Waals surface area contributed by atoms with Gasteiger partial charge in [0.25, 0.3) is 0 Å². The van der Waals surface area contributed by atoms with Gasteiger partial charge in [-0.25, -0.2) is 9.79 Å². The zero-order valence-corrected chi connectivity index (χ0v) is 16.3. The highest BCUT2D eigenvalue weighted by molar-refractivity contribution is 6.34.